The maximum absolute atomic E-state index is 11.3. The molecule has 1 fully saturated rings. The minimum atomic E-state index is -0.556. The van der Waals surface area contributed by atoms with Crippen molar-refractivity contribution in [3.8, 4) is 0 Å². The molecule has 2 rings (SSSR count). The molecule has 0 saturated carbocycles. The Bertz CT molecular complexity index is 447. The molecular weight excluding hydrogens is 232 g/mol. The third-order valence-corrected chi connectivity index (χ3v) is 2.95. The summed E-state index contributed by atoms with van der Waals surface area (Å²) >= 11 is 0. The average molecular weight is 248 g/mol. The molecule has 0 aromatic heterocycles. The van der Waals surface area contributed by atoms with E-state index in [0.717, 1.165) is 5.56 Å². The van der Waals surface area contributed by atoms with Crippen LogP contribution in [0, 0.1) is 0 Å². The van der Waals surface area contributed by atoms with Crippen LogP contribution in [0.25, 0.3) is 0 Å². The van der Waals surface area contributed by atoms with Gasteiger partial charge in [0.25, 0.3) is 0 Å². The zero-order chi connectivity index (χ0) is 13.1. The SMILES string of the molecule is CC(=O)CC1OC(c2ccccc2)CN1C(N)=O. The van der Waals surface area contributed by atoms with Crippen molar-refractivity contribution in [3.05, 3.63) is 35.9 Å². The Labute approximate surface area is 106 Å². The number of Topliss-reactive ketones (excluding diaryl/α,β-unsaturated/α-hetero) is 1. The van der Waals surface area contributed by atoms with Crippen LogP contribution in [0.4, 0.5) is 4.79 Å². The van der Waals surface area contributed by atoms with Crippen LogP contribution in [-0.4, -0.2) is 29.5 Å². The lowest BCUT2D eigenvalue weighted by atomic mass is 10.1. The van der Waals surface area contributed by atoms with E-state index < -0.39 is 12.3 Å². The topological polar surface area (TPSA) is 72.6 Å². The first-order valence-corrected chi connectivity index (χ1v) is 5.84. The standard InChI is InChI=1S/C13H16N2O3/c1-9(16)7-12-15(13(14)17)8-11(18-12)10-5-3-2-4-6-10/h2-6,11-12H,7-8H2,1H3,(H2,14,17). The Morgan fingerprint density at radius 2 is 2.06 bits per heavy atom. The van der Waals surface area contributed by atoms with Gasteiger partial charge in [-0.05, 0) is 12.5 Å². The van der Waals surface area contributed by atoms with Gasteiger partial charge in [0.15, 0.2) is 0 Å². The van der Waals surface area contributed by atoms with Crippen LogP contribution in [-0.2, 0) is 9.53 Å². The van der Waals surface area contributed by atoms with Gasteiger partial charge in [-0.25, -0.2) is 4.79 Å². The lowest BCUT2D eigenvalue weighted by Crippen LogP contribution is -2.40. The smallest absolute Gasteiger partial charge is 0.316 e. The van der Waals surface area contributed by atoms with Crippen LogP contribution in [0.1, 0.15) is 25.0 Å². The maximum atomic E-state index is 11.3. The van der Waals surface area contributed by atoms with Crippen LogP contribution in [0.15, 0.2) is 30.3 Å². The largest absolute Gasteiger partial charge is 0.351 e. The normalized spacial score (nSPS) is 23.1. The summed E-state index contributed by atoms with van der Waals surface area (Å²) in [7, 11) is 0. The zero-order valence-corrected chi connectivity index (χ0v) is 10.2. The van der Waals surface area contributed by atoms with Crippen LogP contribution >= 0.6 is 0 Å². The summed E-state index contributed by atoms with van der Waals surface area (Å²) in [5.74, 6) is -0.0278. The molecule has 2 amide bonds. The number of ketones is 1. The van der Waals surface area contributed by atoms with Gasteiger partial charge in [-0.3, -0.25) is 9.69 Å². The monoisotopic (exact) mass is 248 g/mol. The van der Waals surface area contributed by atoms with Crippen LogP contribution in [0.3, 0.4) is 0 Å². The second-order valence-electron chi connectivity index (χ2n) is 4.39. The molecular formula is C13H16N2O3. The first-order chi connectivity index (χ1) is 8.58. The van der Waals surface area contributed by atoms with Crippen molar-refractivity contribution in [1.82, 2.24) is 4.90 Å². The fourth-order valence-electron chi connectivity index (χ4n) is 2.09. The van der Waals surface area contributed by atoms with Gasteiger partial charge in [0.1, 0.15) is 18.1 Å². The van der Waals surface area contributed by atoms with Crippen LogP contribution < -0.4 is 5.73 Å². The summed E-state index contributed by atoms with van der Waals surface area (Å²) < 4.78 is 5.74. The Morgan fingerprint density at radius 1 is 1.39 bits per heavy atom. The van der Waals surface area contributed by atoms with Gasteiger partial charge in [-0.15, -0.1) is 0 Å². The molecule has 5 heteroatoms. The number of nitrogens with two attached hydrogens (primary N) is 1. The quantitative estimate of drug-likeness (QED) is 0.879. The van der Waals surface area contributed by atoms with Gasteiger partial charge < -0.3 is 10.5 Å². The summed E-state index contributed by atoms with van der Waals surface area (Å²) in [5.41, 5.74) is 6.28. The number of hydrogen-bond donors (Lipinski definition) is 1. The molecule has 1 saturated heterocycles. The molecule has 96 valence electrons. The summed E-state index contributed by atoms with van der Waals surface area (Å²) in [6, 6.07) is 9.04. The third-order valence-electron chi connectivity index (χ3n) is 2.95. The number of hydrogen-bond acceptors (Lipinski definition) is 3. The van der Waals surface area contributed by atoms with Crippen molar-refractivity contribution >= 4 is 11.8 Å². The molecule has 2 N–H and O–H groups in total. The highest BCUT2D eigenvalue weighted by Gasteiger charge is 2.36. The predicted molar refractivity (Wildman–Crippen MR) is 65.6 cm³/mol. The molecule has 5 nitrogen and oxygen atoms in total. The lowest BCUT2D eigenvalue weighted by Gasteiger charge is -2.19. The number of urea groups is 1. The molecule has 1 heterocycles. The van der Waals surface area contributed by atoms with E-state index in [0.29, 0.717) is 6.54 Å². The van der Waals surface area contributed by atoms with Crippen molar-refractivity contribution in [1.29, 1.82) is 0 Å². The molecule has 0 bridgehead atoms. The third kappa shape index (κ3) is 2.68. The number of nitrogens with zero attached hydrogens (tertiary/aromatic N) is 1. The second-order valence-corrected chi connectivity index (χ2v) is 4.39. The highest BCUT2D eigenvalue weighted by Crippen LogP contribution is 2.30. The Hall–Kier alpha value is -1.88. The first-order valence-electron chi connectivity index (χ1n) is 5.84. The van der Waals surface area contributed by atoms with Gasteiger partial charge in [-0.1, -0.05) is 30.3 Å². The molecule has 1 aliphatic heterocycles. The predicted octanol–water partition coefficient (Wildman–Crippen LogP) is 1.44. The van der Waals surface area contributed by atoms with E-state index in [2.05, 4.69) is 0 Å². The van der Waals surface area contributed by atoms with E-state index in [9.17, 15) is 9.59 Å². The van der Waals surface area contributed by atoms with Crippen molar-refractivity contribution < 1.29 is 14.3 Å². The lowest BCUT2D eigenvalue weighted by molar-refractivity contribution is -0.121. The number of ether oxygens (including phenoxy) is 1. The minimum Gasteiger partial charge on any atom is -0.351 e. The van der Waals surface area contributed by atoms with Crippen molar-refractivity contribution in [2.24, 2.45) is 5.73 Å². The Morgan fingerprint density at radius 3 is 2.61 bits per heavy atom. The molecule has 1 aromatic rings. The Kier molecular flexibility index (Phi) is 3.62. The molecule has 2 atom stereocenters. The maximum Gasteiger partial charge on any atom is 0.316 e. The van der Waals surface area contributed by atoms with E-state index in [1.165, 1.54) is 11.8 Å². The molecule has 18 heavy (non-hydrogen) atoms. The summed E-state index contributed by atoms with van der Waals surface area (Å²) in [5, 5.41) is 0. The molecule has 0 radical (unpaired) electrons. The number of primary amides is 1. The highest BCUT2D eigenvalue weighted by atomic mass is 16.5. The second kappa shape index (κ2) is 5.18. The number of carbonyl (C=O) groups is 2. The summed E-state index contributed by atoms with van der Waals surface area (Å²) in [4.78, 5) is 23.9. The van der Waals surface area contributed by atoms with Crippen molar-refractivity contribution in [3.63, 3.8) is 0 Å². The number of benzene rings is 1. The van der Waals surface area contributed by atoms with Gasteiger partial charge in [0.2, 0.25) is 0 Å². The van der Waals surface area contributed by atoms with Crippen LogP contribution in [0.2, 0.25) is 0 Å². The first kappa shape index (κ1) is 12.6. The zero-order valence-electron chi connectivity index (χ0n) is 10.2. The minimum absolute atomic E-state index is 0.0278. The molecule has 1 aliphatic rings. The van der Waals surface area contributed by atoms with Gasteiger partial charge in [0.05, 0.1) is 13.0 Å². The van der Waals surface area contributed by atoms with E-state index >= 15 is 0 Å². The molecule has 1 aromatic carbocycles. The van der Waals surface area contributed by atoms with Gasteiger partial charge in [-0.2, -0.15) is 0 Å². The fraction of sp³-hybridized carbons (Fsp3) is 0.385. The van der Waals surface area contributed by atoms with Crippen molar-refractivity contribution in [2.45, 2.75) is 25.7 Å². The summed E-state index contributed by atoms with van der Waals surface area (Å²) in [6.07, 6.45) is -0.597. The fourth-order valence-corrected chi connectivity index (χ4v) is 2.09. The molecule has 0 spiro atoms. The van der Waals surface area contributed by atoms with Gasteiger partial charge in [0, 0.05) is 0 Å². The average Bonchev–Trinajstić information content (AvgIpc) is 2.73. The Balaban J connectivity index is 2.14. The van der Waals surface area contributed by atoms with E-state index in [1.54, 1.807) is 0 Å². The molecule has 0 aliphatic carbocycles. The van der Waals surface area contributed by atoms with E-state index in [4.69, 9.17) is 10.5 Å². The molecule has 2 unspecified atom stereocenters. The number of amides is 2. The van der Waals surface area contributed by atoms with Crippen LogP contribution in [0.5, 0.6) is 0 Å². The van der Waals surface area contributed by atoms with E-state index in [-0.39, 0.29) is 18.3 Å². The highest BCUT2D eigenvalue weighted by molar-refractivity contribution is 5.78. The van der Waals surface area contributed by atoms with Gasteiger partial charge >= 0.3 is 6.03 Å². The van der Waals surface area contributed by atoms with E-state index in [1.807, 2.05) is 30.3 Å². The number of carbonyl (C=O) groups excluding carboxylic acids is 2. The summed E-state index contributed by atoms with van der Waals surface area (Å²) in [6.45, 7) is 1.86. The number of rotatable bonds is 3. The van der Waals surface area contributed by atoms with Crippen molar-refractivity contribution in [2.75, 3.05) is 6.54 Å².